The lowest BCUT2D eigenvalue weighted by Gasteiger charge is -2.12. The SMILES string of the molecule is C=C1CC=CC=C1c1cnc(N)c(-c2cc(C(=C)/C=C\C(=C/C)CNC[C@H](C)F)no2)n1. The van der Waals surface area contributed by atoms with Gasteiger partial charge in [0.1, 0.15) is 11.9 Å². The molecule has 0 spiro atoms. The first-order valence-electron chi connectivity index (χ1n) is 10.4. The molecular formula is C25H28FN5O. The van der Waals surface area contributed by atoms with Crippen molar-refractivity contribution >= 4 is 17.0 Å². The van der Waals surface area contributed by atoms with Crippen molar-refractivity contribution in [3.8, 4) is 11.5 Å². The van der Waals surface area contributed by atoms with Gasteiger partial charge in [-0.05, 0) is 37.0 Å². The maximum Gasteiger partial charge on any atom is 0.189 e. The first-order chi connectivity index (χ1) is 15.4. The highest BCUT2D eigenvalue weighted by atomic mass is 19.1. The van der Waals surface area contributed by atoms with Crippen LogP contribution in [0.15, 0.2) is 77.5 Å². The molecule has 2 aromatic heterocycles. The van der Waals surface area contributed by atoms with Crippen molar-refractivity contribution in [3.05, 3.63) is 84.4 Å². The van der Waals surface area contributed by atoms with Crippen LogP contribution >= 0.6 is 0 Å². The van der Waals surface area contributed by atoms with Crippen molar-refractivity contribution in [2.45, 2.75) is 26.4 Å². The predicted molar refractivity (Wildman–Crippen MR) is 128 cm³/mol. The molecule has 0 amide bonds. The highest BCUT2D eigenvalue weighted by Crippen LogP contribution is 2.30. The third kappa shape index (κ3) is 5.76. The van der Waals surface area contributed by atoms with Crippen molar-refractivity contribution in [2.75, 3.05) is 18.8 Å². The predicted octanol–water partition coefficient (Wildman–Crippen LogP) is 5.08. The van der Waals surface area contributed by atoms with E-state index in [9.17, 15) is 4.39 Å². The number of nitrogens with one attached hydrogen (secondary N) is 1. The Morgan fingerprint density at radius 3 is 2.94 bits per heavy atom. The minimum Gasteiger partial charge on any atom is -0.382 e. The summed E-state index contributed by atoms with van der Waals surface area (Å²) in [6.45, 7) is 12.5. The maximum absolute atomic E-state index is 13.0. The minimum absolute atomic E-state index is 0.250. The summed E-state index contributed by atoms with van der Waals surface area (Å²) in [6.07, 6.45) is 13.2. The smallest absolute Gasteiger partial charge is 0.189 e. The van der Waals surface area contributed by atoms with E-state index in [0.717, 1.165) is 23.1 Å². The number of anilines is 1. The number of alkyl halides is 1. The largest absolute Gasteiger partial charge is 0.382 e. The second-order valence-corrected chi connectivity index (χ2v) is 7.52. The summed E-state index contributed by atoms with van der Waals surface area (Å²) in [7, 11) is 0. The molecule has 3 N–H and O–H groups in total. The van der Waals surface area contributed by atoms with Crippen LogP contribution < -0.4 is 11.1 Å². The summed E-state index contributed by atoms with van der Waals surface area (Å²) in [5.74, 6) is 0.656. The molecule has 0 radical (unpaired) electrons. The molecule has 1 aliphatic carbocycles. The number of rotatable bonds is 9. The van der Waals surface area contributed by atoms with Crippen LogP contribution in [-0.4, -0.2) is 34.4 Å². The molecule has 0 aromatic carbocycles. The first kappa shape index (κ1) is 23.1. The minimum atomic E-state index is -0.890. The van der Waals surface area contributed by atoms with Crippen LogP contribution in [0.25, 0.3) is 22.6 Å². The van der Waals surface area contributed by atoms with Gasteiger partial charge in [-0.3, -0.25) is 0 Å². The third-order valence-corrected chi connectivity index (χ3v) is 4.92. The quantitative estimate of drug-likeness (QED) is 0.536. The average molecular weight is 434 g/mol. The Kier molecular flexibility index (Phi) is 7.68. The molecule has 1 atom stereocenters. The van der Waals surface area contributed by atoms with Crippen LogP contribution in [-0.2, 0) is 0 Å². The molecule has 0 saturated carbocycles. The van der Waals surface area contributed by atoms with E-state index in [1.54, 1.807) is 12.3 Å². The molecule has 0 fully saturated rings. The molecule has 6 nitrogen and oxygen atoms in total. The number of halogens is 1. The van der Waals surface area contributed by atoms with Crippen LogP contribution in [0.4, 0.5) is 10.2 Å². The molecular weight excluding hydrogens is 405 g/mol. The lowest BCUT2D eigenvalue weighted by Crippen LogP contribution is -2.23. The normalized spacial score (nSPS) is 15.3. The zero-order valence-electron chi connectivity index (χ0n) is 18.4. The van der Waals surface area contributed by atoms with E-state index in [-0.39, 0.29) is 5.82 Å². The van der Waals surface area contributed by atoms with E-state index < -0.39 is 6.17 Å². The van der Waals surface area contributed by atoms with Gasteiger partial charge in [0.2, 0.25) is 0 Å². The van der Waals surface area contributed by atoms with E-state index in [4.69, 9.17) is 10.3 Å². The summed E-state index contributed by atoms with van der Waals surface area (Å²) in [5.41, 5.74) is 11.3. The number of hydrogen-bond acceptors (Lipinski definition) is 6. The number of nitrogen functional groups attached to an aromatic ring is 1. The van der Waals surface area contributed by atoms with Gasteiger partial charge in [0.15, 0.2) is 17.3 Å². The number of aromatic nitrogens is 3. The molecule has 7 heteroatoms. The average Bonchev–Trinajstić information content (AvgIpc) is 3.26. The first-order valence-corrected chi connectivity index (χ1v) is 10.4. The van der Waals surface area contributed by atoms with E-state index >= 15 is 0 Å². The second kappa shape index (κ2) is 10.6. The topological polar surface area (TPSA) is 89.9 Å². The van der Waals surface area contributed by atoms with Crippen molar-refractivity contribution in [1.82, 2.24) is 20.4 Å². The summed E-state index contributed by atoms with van der Waals surface area (Å²) >= 11 is 0. The van der Waals surface area contributed by atoms with Gasteiger partial charge in [0.05, 0.1) is 11.9 Å². The van der Waals surface area contributed by atoms with Gasteiger partial charge in [-0.2, -0.15) is 0 Å². The summed E-state index contributed by atoms with van der Waals surface area (Å²) in [5, 5.41) is 7.17. The van der Waals surface area contributed by atoms with Crippen LogP contribution in [0.5, 0.6) is 0 Å². The zero-order chi connectivity index (χ0) is 23.1. The second-order valence-electron chi connectivity index (χ2n) is 7.52. The highest BCUT2D eigenvalue weighted by molar-refractivity contribution is 5.81. The van der Waals surface area contributed by atoms with Gasteiger partial charge in [-0.25, -0.2) is 14.4 Å². The number of allylic oxidation sites excluding steroid dienone is 8. The molecule has 1 aliphatic rings. The number of nitrogens with zero attached hydrogens (tertiary/aromatic N) is 3. The molecule has 0 aliphatic heterocycles. The Labute approximate surface area is 187 Å². The fourth-order valence-corrected chi connectivity index (χ4v) is 3.08. The molecule has 0 unspecified atom stereocenters. The van der Waals surface area contributed by atoms with E-state index in [0.29, 0.717) is 41.5 Å². The summed E-state index contributed by atoms with van der Waals surface area (Å²) in [4.78, 5) is 8.92. The van der Waals surface area contributed by atoms with Gasteiger partial charge in [-0.1, -0.05) is 54.8 Å². The third-order valence-electron chi connectivity index (χ3n) is 4.92. The van der Waals surface area contributed by atoms with Gasteiger partial charge in [0, 0.05) is 24.7 Å². The summed E-state index contributed by atoms with van der Waals surface area (Å²) < 4.78 is 18.4. The lowest BCUT2D eigenvalue weighted by atomic mass is 9.97. The molecule has 2 aromatic rings. The molecule has 166 valence electrons. The summed E-state index contributed by atoms with van der Waals surface area (Å²) in [6, 6.07) is 1.74. The van der Waals surface area contributed by atoms with Crippen LogP contribution in [0.3, 0.4) is 0 Å². The Morgan fingerprint density at radius 2 is 2.22 bits per heavy atom. The Morgan fingerprint density at radius 1 is 1.41 bits per heavy atom. The fourth-order valence-electron chi connectivity index (χ4n) is 3.08. The molecule has 0 saturated heterocycles. The van der Waals surface area contributed by atoms with Crippen molar-refractivity contribution in [2.24, 2.45) is 0 Å². The van der Waals surface area contributed by atoms with Crippen LogP contribution in [0.2, 0.25) is 0 Å². The van der Waals surface area contributed by atoms with Gasteiger partial charge >= 0.3 is 0 Å². The van der Waals surface area contributed by atoms with E-state index in [1.165, 1.54) is 6.92 Å². The fraction of sp³-hybridized carbons (Fsp3) is 0.240. The lowest BCUT2D eigenvalue weighted by molar-refractivity contribution is 0.349. The van der Waals surface area contributed by atoms with Crippen LogP contribution in [0.1, 0.15) is 31.7 Å². The maximum atomic E-state index is 13.0. The Balaban J connectivity index is 1.76. The van der Waals surface area contributed by atoms with Crippen molar-refractivity contribution in [1.29, 1.82) is 0 Å². The van der Waals surface area contributed by atoms with Gasteiger partial charge in [-0.15, -0.1) is 0 Å². The monoisotopic (exact) mass is 433 g/mol. The Bertz CT molecular complexity index is 1120. The number of nitrogens with two attached hydrogens (primary N) is 1. The molecule has 0 bridgehead atoms. The molecule has 2 heterocycles. The van der Waals surface area contributed by atoms with E-state index in [1.807, 2.05) is 43.4 Å². The Hall–Kier alpha value is -3.58. The van der Waals surface area contributed by atoms with Gasteiger partial charge < -0.3 is 15.6 Å². The van der Waals surface area contributed by atoms with E-state index in [2.05, 4.69) is 33.6 Å². The van der Waals surface area contributed by atoms with Crippen molar-refractivity contribution < 1.29 is 8.91 Å². The standard InChI is InChI=1S/C25H28FN5O/c1-5-19(14-28-13-18(4)26)11-10-17(3)21-12-23(32-31-21)24-25(27)29-15-22(30-24)20-9-7-6-8-16(20)2/h5-7,9-12,15,18,28H,2-3,8,13-14H2,1,4H3,(H2,27,29)/b11-10-,19-5+/t18-/m0/s1. The number of hydrogen-bond donors (Lipinski definition) is 2. The van der Waals surface area contributed by atoms with Crippen molar-refractivity contribution in [3.63, 3.8) is 0 Å². The molecule has 32 heavy (non-hydrogen) atoms. The van der Waals surface area contributed by atoms with Gasteiger partial charge in [0.25, 0.3) is 0 Å². The van der Waals surface area contributed by atoms with Crippen LogP contribution in [0, 0.1) is 0 Å². The zero-order valence-corrected chi connectivity index (χ0v) is 18.4. The molecule has 3 rings (SSSR count). The highest BCUT2D eigenvalue weighted by Gasteiger charge is 2.17.